The lowest BCUT2D eigenvalue weighted by Gasteiger charge is -2.40. The van der Waals surface area contributed by atoms with Gasteiger partial charge in [-0.05, 0) is 6.42 Å². The van der Waals surface area contributed by atoms with E-state index in [0.29, 0.717) is 6.42 Å². The zero-order valence-corrected chi connectivity index (χ0v) is 19.9. The Balaban J connectivity index is 0. The zero-order valence-electron chi connectivity index (χ0n) is 19.1. The van der Waals surface area contributed by atoms with Crippen molar-refractivity contribution in [3.8, 4) is 0 Å². The van der Waals surface area contributed by atoms with Crippen molar-refractivity contribution in [3.05, 3.63) is 0 Å². The number of carbonyl (C=O) groups is 1. The van der Waals surface area contributed by atoms with Gasteiger partial charge in [0.15, 0.2) is 0 Å². The smallest absolute Gasteiger partial charge is 0.402 e. The summed E-state index contributed by atoms with van der Waals surface area (Å²) in [5, 5.41) is 35.3. The van der Waals surface area contributed by atoms with Crippen LogP contribution in [-0.2, 0) is 19.4 Å². The summed E-state index contributed by atoms with van der Waals surface area (Å²) in [7, 11) is -4.62. The third-order valence-corrected chi connectivity index (χ3v) is 5.68. The molecule has 0 fully saturated rings. The van der Waals surface area contributed by atoms with E-state index >= 15 is 0 Å². The van der Waals surface area contributed by atoms with Crippen LogP contribution in [-0.4, -0.2) is 89.5 Å². The molecule has 0 bridgehead atoms. The quantitative estimate of drug-likeness (QED) is 0.0815. The Morgan fingerprint density at radius 1 is 0.839 bits per heavy atom. The maximum Gasteiger partial charge on any atom is 0.402 e. The molecule has 0 rings (SSSR count). The van der Waals surface area contributed by atoms with Crippen LogP contribution in [0.4, 0.5) is 0 Å². The lowest BCUT2D eigenvalue weighted by Crippen LogP contribution is -2.59. The molecule has 0 amide bonds. The fourth-order valence-electron chi connectivity index (χ4n) is 3.33. The SMILES string of the molecule is CC(OS(=O)(=O)O)[N+](CCO)(CCO)CCO.CCCCCCCCCCCC(=O)O. The van der Waals surface area contributed by atoms with Crippen molar-refractivity contribution >= 4 is 16.4 Å². The van der Waals surface area contributed by atoms with Gasteiger partial charge < -0.3 is 20.4 Å². The lowest BCUT2D eigenvalue weighted by atomic mass is 10.1. The van der Waals surface area contributed by atoms with E-state index in [9.17, 15) is 13.2 Å². The monoisotopic (exact) mass is 474 g/mol. The standard InChI is InChI=1S/C12H24O2.C8H19NO7S/c1-2-3-4-5-6-7-8-9-10-11-12(13)14;1-8(16-17(13,14)15)9(2-5-10,3-6-11)4-7-12/h2-11H2,1H3,(H,13,14);8,10-12H,2-7H2,1H3/p+1. The van der Waals surface area contributed by atoms with Crippen LogP contribution in [0.3, 0.4) is 0 Å². The number of unbranched alkanes of at least 4 members (excludes halogenated alkanes) is 8. The third-order valence-electron chi connectivity index (χ3n) is 5.16. The van der Waals surface area contributed by atoms with E-state index in [1.807, 2.05) is 0 Å². The molecule has 0 heterocycles. The minimum absolute atomic E-state index is 0.0950. The van der Waals surface area contributed by atoms with Gasteiger partial charge in [-0.2, -0.15) is 12.6 Å². The number of aliphatic carboxylic acids is 1. The highest BCUT2D eigenvalue weighted by molar-refractivity contribution is 7.80. The molecule has 0 aliphatic carbocycles. The number of carboxylic acid groups (broad SMARTS) is 1. The number of aliphatic hydroxyl groups is 3. The highest BCUT2D eigenvalue weighted by Crippen LogP contribution is 2.16. The highest BCUT2D eigenvalue weighted by atomic mass is 32.3. The molecule has 31 heavy (non-hydrogen) atoms. The second-order valence-electron chi connectivity index (χ2n) is 7.66. The Morgan fingerprint density at radius 2 is 1.23 bits per heavy atom. The third kappa shape index (κ3) is 19.6. The fraction of sp³-hybridized carbons (Fsp3) is 0.950. The lowest BCUT2D eigenvalue weighted by molar-refractivity contribution is -0.966. The van der Waals surface area contributed by atoms with Crippen LogP contribution >= 0.6 is 0 Å². The molecule has 0 radical (unpaired) electrons. The average Bonchev–Trinajstić information content (AvgIpc) is 2.66. The molecule has 1 atom stereocenters. The topological polar surface area (TPSA) is 162 Å². The maximum atomic E-state index is 10.6. The molecule has 1 unspecified atom stereocenters. The summed E-state index contributed by atoms with van der Waals surface area (Å²) in [6.07, 6.45) is 10.5. The Morgan fingerprint density at radius 3 is 1.55 bits per heavy atom. The first-order valence-corrected chi connectivity index (χ1v) is 12.5. The van der Waals surface area contributed by atoms with Crippen molar-refractivity contribution in [2.45, 2.75) is 84.3 Å². The molecule has 0 spiro atoms. The van der Waals surface area contributed by atoms with E-state index in [-0.39, 0.29) is 43.9 Å². The first kappa shape index (κ1) is 32.4. The van der Waals surface area contributed by atoms with Crippen LogP contribution in [0.5, 0.6) is 0 Å². The predicted molar refractivity (Wildman–Crippen MR) is 118 cm³/mol. The average molecular weight is 475 g/mol. The van der Waals surface area contributed by atoms with Gasteiger partial charge in [-0.1, -0.05) is 58.3 Å². The van der Waals surface area contributed by atoms with Crippen LogP contribution in [0, 0.1) is 0 Å². The fourth-order valence-corrected chi connectivity index (χ4v) is 3.87. The molecule has 0 aliphatic rings. The molecular weight excluding hydrogens is 430 g/mol. The highest BCUT2D eigenvalue weighted by Gasteiger charge is 2.36. The molecular formula is C20H44NO9S+. The Labute approximate surface area is 187 Å². The molecule has 0 aliphatic heterocycles. The van der Waals surface area contributed by atoms with Gasteiger partial charge in [-0.3, -0.25) is 13.8 Å². The number of carboxylic acids is 1. The zero-order chi connectivity index (χ0) is 24.2. The van der Waals surface area contributed by atoms with Gasteiger partial charge in [0.25, 0.3) is 0 Å². The van der Waals surface area contributed by atoms with Gasteiger partial charge in [0.05, 0.1) is 19.8 Å². The number of quaternary nitrogens is 1. The molecule has 5 N–H and O–H groups in total. The molecule has 0 saturated carbocycles. The molecule has 188 valence electrons. The van der Waals surface area contributed by atoms with Crippen LogP contribution in [0.1, 0.15) is 78.1 Å². The van der Waals surface area contributed by atoms with Crippen LogP contribution in [0.15, 0.2) is 0 Å². The molecule has 0 aromatic rings. The molecule has 0 aromatic carbocycles. The Hall–Kier alpha value is -0.820. The van der Waals surface area contributed by atoms with Gasteiger partial charge in [-0.25, -0.2) is 0 Å². The molecule has 11 heteroatoms. The summed E-state index contributed by atoms with van der Waals surface area (Å²) < 4.78 is 34.1. The van der Waals surface area contributed by atoms with Crippen molar-refractivity contribution in [2.24, 2.45) is 0 Å². The van der Waals surface area contributed by atoms with Crippen molar-refractivity contribution in [1.29, 1.82) is 0 Å². The number of rotatable bonds is 19. The van der Waals surface area contributed by atoms with Crippen molar-refractivity contribution < 1.29 is 46.9 Å². The first-order chi connectivity index (χ1) is 14.6. The number of hydrogen-bond acceptors (Lipinski definition) is 7. The minimum atomic E-state index is -4.62. The molecule has 10 nitrogen and oxygen atoms in total. The first-order valence-electron chi connectivity index (χ1n) is 11.1. The van der Waals surface area contributed by atoms with Gasteiger partial charge in [0.1, 0.15) is 19.6 Å². The largest absolute Gasteiger partial charge is 0.481 e. The van der Waals surface area contributed by atoms with Gasteiger partial charge >= 0.3 is 16.4 Å². The summed E-state index contributed by atoms with van der Waals surface area (Å²) in [6.45, 7) is 3.10. The molecule has 0 aromatic heterocycles. The maximum absolute atomic E-state index is 10.6. The normalized spacial score (nSPS) is 12.8. The number of hydrogen-bond donors (Lipinski definition) is 5. The van der Waals surface area contributed by atoms with Gasteiger partial charge in [0, 0.05) is 13.3 Å². The summed E-state index contributed by atoms with van der Waals surface area (Å²) in [5.74, 6) is -0.659. The molecule has 0 saturated heterocycles. The second kappa shape index (κ2) is 19.8. The van der Waals surface area contributed by atoms with Crippen molar-refractivity contribution in [1.82, 2.24) is 0 Å². The number of nitrogens with zero attached hydrogens (tertiary/aromatic N) is 1. The Kier molecular flexibility index (Phi) is 20.7. The van der Waals surface area contributed by atoms with E-state index in [1.54, 1.807) is 0 Å². The predicted octanol–water partition coefficient (Wildman–Crippen LogP) is 1.94. The van der Waals surface area contributed by atoms with Gasteiger partial charge in [0.2, 0.25) is 6.23 Å². The van der Waals surface area contributed by atoms with E-state index in [2.05, 4.69) is 11.1 Å². The van der Waals surface area contributed by atoms with E-state index in [1.165, 1.54) is 51.9 Å². The van der Waals surface area contributed by atoms with Crippen LogP contribution in [0.25, 0.3) is 0 Å². The van der Waals surface area contributed by atoms with Gasteiger partial charge in [-0.15, -0.1) is 0 Å². The Bertz CT molecular complexity index is 512. The summed E-state index contributed by atoms with van der Waals surface area (Å²) in [4.78, 5) is 10.2. The van der Waals surface area contributed by atoms with E-state index in [4.69, 9.17) is 25.0 Å². The summed E-state index contributed by atoms with van der Waals surface area (Å²) >= 11 is 0. The minimum Gasteiger partial charge on any atom is -0.481 e. The van der Waals surface area contributed by atoms with E-state index < -0.39 is 22.6 Å². The van der Waals surface area contributed by atoms with E-state index in [0.717, 1.165) is 12.8 Å². The van der Waals surface area contributed by atoms with Crippen LogP contribution in [0.2, 0.25) is 0 Å². The second-order valence-corrected chi connectivity index (χ2v) is 8.70. The summed E-state index contributed by atoms with van der Waals surface area (Å²) in [6, 6.07) is 0. The van der Waals surface area contributed by atoms with Crippen LogP contribution < -0.4 is 0 Å². The summed E-state index contributed by atoms with van der Waals surface area (Å²) in [5.41, 5.74) is 0. The number of aliphatic hydroxyl groups excluding tert-OH is 3. The van der Waals surface area contributed by atoms with Crippen molar-refractivity contribution in [2.75, 3.05) is 39.5 Å². The van der Waals surface area contributed by atoms with Crippen molar-refractivity contribution in [3.63, 3.8) is 0 Å².